The van der Waals surface area contributed by atoms with Gasteiger partial charge < -0.3 is 15.1 Å². The predicted octanol–water partition coefficient (Wildman–Crippen LogP) is 3.21. The second-order valence-electron chi connectivity index (χ2n) is 7.11. The molecule has 3 N–H and O–H groups in total. The van der Waals surface area contributed by atoms with Gasteiger partial charge in [0.15, 0.2) is 5.58 Å². The van der Waals surface area contributed by atoms with Crippen LogP contribution in [-0.2, 0) is 17.1 Å². The lowest BCUT2D eigenvalue weighted by Crippen LogP contribution is -2.13. The Morgan fingerprint density at radius 3 is 2.47 bits per heavy atom. The molecule has 0 amide bonds. The number of rotatable bonds is 7. The highest BCUT2D eigenvalue weighted by Gasteiger charge is 2.17. The van der Waals surface area contributed by atoms with Gasteiger partial charge in [0.05, 0.1) is 10.4 Å². The molecule has 10 nitrogen and oxygen atoms in total. The van der Waals surface area contributed by atoms with Gasteiger partial charge in [-0.3, -0.25) is 9.29 Å². The number of oxazole rings is 1. The van der Waals surface area contributed by atoms with E-state index in [1.54, 1.807) is 24.3 Å². The van der Waals surface area contributed by atoms with Gasteiger partial charge in [0.25, 0.3) is 10.0 Å². The van der Waals surface area contributed by atoms with Gasteiger partial charge in [-0.25, -0.2) is 18.2 Å². The second kappa shape index (κ2) is 8.35. The van der Waals surface area contributed by atoms with Gasteiger partial charge in [-0.15, -0.1) is 0 Å². The van der Waals surface area contributed by atoms with Crippen LogP contribution in [0.4, 0.5) is 23.1 Å². The molecule has 4 rings (SSSR count). The van der Waals surface area contributed by atoms with Crippen molar-refractivity contribution in [3.8, 4) is 0 Å². The van der Waals surface area contributed by atoms with Crippen LogP contribution in [0.5, 0.6) is 0 Å². The molecule has 0 atom stereocenters. The molecule has 0 fully saturated rings. The molecule has 0 unspecified atom stereocenters. The molecule has 0 saturated heterocycles. The van der Waals surface area contributed by atoms with Crippen LogP contribution in [0.3, 0.4) is 0 Å². The highest BCUT2D eigenvalue weighted by molar-refractivity contribution is 7.92. The van der Waals surface area contributed by atoms with Gasteiger partial charge in [-0.1, -0.05) is 0 Å². The third-order valence-electron chi connectivity index (χ3n) is 4.67. The Kier molecular flexibility index (Phi) is 5.57. The molecule has 0 saturated carbocycles. The Balaban J connectivity index is 1.52. The first-order chi connectivity index (χ1) is 15.2. The third-order valence-corrected chi connectivity index (χ3v) is 6.05. The number of nitrogens with one attached hydrogen (secondary N) is 3. The van der Waals surface area contributed by atoms with Gasteiger partial charge >= 0.3 is 5.76 Å². The molecule has 2 aromatic carbocycles. The maximum Gasteiger partial charge on any atom is 0.419 e. The monoisotopic (exact) mass is 454 g/mol. The van der Waals surface area contributed by atoms with Crippen LogP contribution in [0.25, 0.3) is 11.1 Å². The summed E-state index contributed by atoms with van der Waals surface area (Å²) in [5, 5.41) is 6.26. The Morgan fingerprint density at radius 2 is 1.75 bits per heavy atom. The number of aryl methyl sites for hydroxylation is 2. The summed E-state index contributed by atoms with van der Waals surface area (Å²) in [6.07, 6.45) is 0. The average Bonchev–Trinajstić information content (AvgIpc) is 3.02. The molecule has 11 heteroatoms. The summed E-state index contributed by atoms with van der Waals surface area (Å²) in [5.41, 5.74) is 2.67. The van der Waals surface area contributed by atoms with Crippen LogP contribution in [0, 0.1) is 6.92 Å². The Hall–Kier alpha value is -3.86. The van der Waals surface area contributed by atoms with Crippen molar-refractivity contribution in [2.75, 3.05) is 21.9 Å². The first kappa shape index (κ1) is 21.4. The lowest BCUT2D eigenvalue weighted by Gasteiger charge is -2.11. The molecule has 0 radical (unpaired) electrons. The maximum atomic E-state index is 12.8. The van der Waals surface area contributed by atoms with Crippen molar-refractivity contribution in [3.05, 3.63) is 64.8 Å². The van der Waals surface area contributed by atoms with Crippen LogP contribution in [0.15, 0.2) is 62.6 Å². The van der Waals surface area contributed by atoms with Crippen molar-refractivity contribution in [1.29, 1.82) is 0 Å². The van der Waals surface area contributed by atoms with Crippen molar-refractivity contribution < 1.29 is 12.8 Å². The summed E-state index contributed by atoms with van der Waals surface area (Å²) in [5.74, 6) is 0.606. The zero-order chi connectivity index (χ0) is 22.9. The second-order valence-corrected chi connectivity index (χ2v) is 8.80. The summed E-state index contributed by atoms with van der Waals surface area (Å²) in [4.78, 5) is 20.4. The van der Waals surface area contributed by atoms with Gasteiger partial charge in [0.2, 0.25) is 5.95 Å². The Morgan fingerprint density at radius 1 is 1.03 bits per heavy atom. The van der Waals surface area contributed by atoms with Gasteiger partial charge in [0.1, 0.15) is 5.82 Å². The SMILES string of the molecule is CCNc1nc(C)cc(Nc2ccc(NS(=O)(=O)c3ccc4oc(=O)n(C)c4c3)cc2)n1. The van der Waals surface area contributed by atoms with E-state index in [4.69, 9.17) is 4.42 Å². The smallest absolute Gasteiger partial charge is 0.408 e. The standard InChI is InChI=1S/C21H22N6O4S/c1-4-22-20-23-13(2)11-19(25-20)24-14-5-7-15(8-6-14)26-32(29,30)16-9-10-18-17(12-16)27(3)21(28)31-18/h5-12,26H,4H2,1-3H3,(H2,22,23,24,25). The van der Waals surface area contributed by atoms with Crippen LogP contribution >= 0.6 is 0 Å². The Labute approximate surface area is 184 Å². The highest BCUT2D eigenvalue weighted by atomic mass is 32.2. The topological polar surface area (TPSA) is 131 Å². The fourth-order valence-electron chi connectivity index (χ4n) is 3.13. The van der Waals surface area contributed by atoms with Gasteiger partial charge in [-0.05, 0) is 56.3 Å². The predicted molar refractivity (Wildman–Crippen MR) is 123 cm³/mol. The van der Waals surface area contributed by atoms with Crippen LogP contribution in [0.1, 0.15) is 12.6 Å². The van der Waals surface area contributed by atoms with Crippen molar-refractivity contribution in [1.82, 2.24) is 14.5 Å². The van der Waals surface area contributed by atoms with Crippen molar-refractivity contribution in [2.45, 2.75) is 18.7 Å². The Bertz CT molecular complexity index is 1440. The number of aromatic nitrogens is 3. The van der Waals surface area contributed by atoms with Crippen molar-refractivity contribution >= 4 is 44.3 Å². The number of sulfonamides is 1. The first-order valence-corrected chi connectivity index (χ1v) is 11.3. The van der Waals surface area contributed by atoms with E-state index >= 15 is 0 Å². The molecule has 0 aliphatic rings. The minimum absolute atomic E-state index is 0.0241. The molecular formula is C21H22N6O4S. The molecule has 166 valence electrons. The summed E-state index contributed by atoms with van der Waals surface area (Å²) in [7, 11) is -2.34. The summed E-state index contributed by atoms with van der Waals surface area (Å²) in [6.45, 7) is 4.55. The van der Waals surface area contributed by atoms with Crippen molar-refractivity contribution in [3.63, 3.8) is 0 Å². The largest absolute Gasteiger partial charge is 0.419 e. The van der Waals surface area contributed by atoms with E-state index in [0.29, 0.717) is 35.1 Å². The molecule has 4 aromatic rings. The number of fused-ring (bicyclic) bond motifs is 1. The highest BCUT2D eigenvalue weighted by Crippen LogP contribution is 2.23. The molecule has 0 bridgehead atoms. The lowest BCUT2D eigenvalue weighted by atomic mass is 10.3. The molecule has 0 aliphatic heterocycles. The number of benzene rings is 2. The van der Waals surface area contributed by atoms with E-state index < -0.39 is 15.8 Å². The average molecular weight is 455 g/mol. The van der Waals surface area contributed by atoms with Crippen LogP contribution in [-0.4, -0.2) is 29.5 Å². The quantitative estimate of drug-likeness (QED) is 0.388. The van der Waals surface area contributed by atoms with E-state index in [9.17, 15) is 13.2 Å². The summed E-state index contributed by atoms with van der Waals surface area (Å²) in [6, 6.07) is 12.8. The number of anilines is 4. The van der Waals surface area contributed by atoms with Crippen LogP contribution in [0.2, 0.25) is 0 Å². The maximum absolute atomic E-state index is 12.8. The fourth-order valence-corrected chi connectivity index (χ4v) is 4.21. The van der Waals surface area contributed by atoms with E-state index in [-0.39, 0.29) is 4.90 Å². The third kappa shape index (κ3) is 4.42. The number of hydrogen-bond acceptors (Lipinski definition) is 8. The minimum Gasteiger partial charge on any atom is -0.408 e. The van der Waals surface area contributed by atoms with Crippen molar-refractivity contribution in [2.24, 2.45) is 7.05 Å². The molecule has 0 spiro atoms. The van der Waals surface area contributed by atoms with E-state index in [0.717, 1.165) is 11.4 Å². The minimum atomic E-state index is -3.86. The summed E-state index contributed by atoms with van der Waals surface area (Å²) >= 11 is 0. The van der Waals surface area contributed by atoms with E-state index in [2.05, 4.69) is 25.3 Å². The summed E-state index contributed by atoms with van der Waals surface area (Å²) < 4.78 is 34.5. The lowest BCUT2D eigenvalue weighted by molar-refractivity contribution is 0.528. The molecule has 2 heterocycles. The molecule has 32 heavy (non-hydrogen) atoms. The number of nitrogens with zero attached hydrogens (tertiary/aromatic N) is 3. The first-order valence-electron chi connectivity index (χ1n) is 9.84. The molecule has 2 aromatic heterocycles. The zero-order valence-electron chi connectivity index (χ0n) is 17.7. The van der Waals surface area contributed by atoms with E-state index in [1.807, 2.05) is 19.9 Å². The number of hydrogen-bond donors (Lipinski definition) is 3. The zero-order valence-corrected chi connectivity index (χ0v) is 18.5. The van der Waals surface area contributed by atoms with E-state index in [1.165, 1.54) is 29.8 Å². The van der Waals surface area contributed by atoms with Gasteiger partial charge in [-0.2, -0.15) is 4.98 Å². The van der Waals surface area contributed by atoms with Crippen LogP contribution < -0.4 is 21.1 Å². The normalized spacial score (nSPS) is 11.5. The molecule has 0 aliphatic carbocycles. The fraction of sp³-hybridized carbons (Fsp3) is 0.190. The van der Waals surface area contributed by atoms with Gasteiger partial charge in [0, 0.05) is 36.7 Å². The molecular weight excluding hydrogens is 432 g/mol.